The summed E-state index contributed by atoms with van der Waals surface area (Å²) < 4.78 is 4.75. The van der Waals surface area contributed by atoms with E-state index in [9.17, 15) is 24.3 Å². The van der Waals surface area contributed by atoms with Gasteiger partial charge in [-0.05, 0) is 78.8 Å². The van der Waals surface area contributed by atoms with Crippen LogP contribution in [0.3, 0.4) is 0 Å². The molecular formula is C39H46N8O6. The van der Waals surface area contributed by atoms with Crippen LogP contribution < -0.4 is 10.6 Å². The predicted octanol–water partition coefficient (Wildman–Crippen LogP) is 5.35. The molecule has 0 unspecified atom stereocenters. The number of carboxylic acid groups (broad SMARTS) is 1. The molecule has 14 nitrogen and oxygen atoms in total. The van der Waals surface area contributed by atoms with Crippen molar-refractivity contribution in [2.45, 2.75) is 77.5 Å². The fraction of sp³-hybridized carbons (Fsp3) is 0.436. The van der Waals surface area contributed by atoms with Crippen LogP contribution in [0.1, 0.15) is 88.4 Å². The highest BCUT2D eigenvalue weighted by molar-refractivity contribution is 5.87. The Labute approximate surface area is 308 Å². The summed E-state index contributed by atoms with van der Waals surface area (Å²) in [5, 5.41) is 14.3. The fourth-order valence-corrected chi connectivity index (χ4v) is 7.15. The summed E-state index contributed by atoms with van der Waals surface area (Å²) in [7, 11) is 1.28. The summed E-state index contributed by atoms with van der Waals surface area (Å²) >= 11 is 0. The van der Waals surface area contributed by atoms with E-state index >= 15 is 0 Å². The first-order chi connectivity index (χ1) is 25.4. The Hall–Kier alpha value is -5.84. The van der Waals surface area contributed by atoms with Gasteiger partial charge in [0.25, 0.3) is 0 Å². The van der Waals surface area contributed by atoms with Crippen molar-refractivity contribution >= 4 is 35.0 Å². The van der Waals surface area contributed by atoms with Crippen LogP contribution in [0.5, 0.6) is 0 Å². The van der Waals surface area contributed by atoms with Gasteiger partial charge in [-0.25, -0.2) is 19.6 Å². The van der Waals surface area contributed by atoms with Crippen molar-refractivity contribution in [2.75, 3.05) is 20.2 Å². The molecule has 0 saturated carbocycles. The van der Waals surface area contributed by atoms with Gasteiger partial charge in [0.15, 0.2) is 0 Å². The molecule has 53 heavy (non-hydrogen) atoms. The molecule has 278 valence electrons. The van der Waals surface area contributed by atoms with E-state index in [1.165, 1.54) is 7.11 Å². The number of nitrogens with one attached hydrogen (secondary N) is 4. The average Bonchev–Trinajstić information content (AvgIpc) is 3.97. The third-order valence-electron chi connectivity index (χ3n) is 9.96. The highest BCUT2D eigenvalue weighted by Crippen LogP contribution is 2.34. The number of hydrogen-bond donors (Lipinski definition) is 5. The number of methoxy groups -OCH3 is 1. The van der Waals surface area contributed by atoms with Gasteiger partial charge in [0.2, 0.25) is 11.8 Å². The zero-order valence-corrected chi connectivity index (χ0v) is 30.6. The molecule has 4 atom stereocenters. The largest absolute Gasteiger partial charge is 0.465 e. The molecule has 0 aliphatic carbocycles. The number of aromatic amines is 2. The van der Waals surface area contributed by atoms with Crippen LogP contribution in [0, 0.1) is 23.7 Å². The minimum Gasteiger partial charge on any atom is -0.465 e. The van der Waals surface area contributed by atoms with Crippen molar-refractivity contribution in [3.8, 4) is 23.0 Å². The molecule has 6 rings (SSSR count). The highest BCUT2D eigenvalue weighted by Gasteiger charge is 2.39. The first-order valence-electron chi connectivity index (χ1n) is 18.1. The number of amides is 4. The summed E-state index contributed by atoms with van der Waals surface area (Å²) in [6.45, 7) is 8.54. The summed E-state index contributed by atoms with van der Waals surface area (Å²) in [6, 6.07) is 11.9. The number of fused-ring (bicyclic) bond motifs is 1. The number of hydrogen-bond acceptors (Lipinski definition) is 7. The lowest BCUT2D eigenvalue weighted by atomic mass is 10.0. The molecule has 4 aromatic rings. The maximum absolute atomic E-state index is 13.6. The Kier molecular flexibility index (Phi) is 11.0. The molecule has 0 radical (unpaired) electrons. The van der Waals surface area contributed by atoms with Gasteiger partial charge in [-0.2, -0.15) is 0 Å². The summed E-state index contributed by atoms with van der Waals surface area (Å²) in [5.41, 5.74) is 5.02. The molecule has 2 aromatic heterocycles. The number of ether oxygens (including phenoxy) is 1. The zero-order chi connectivity index (χ0) is 37.8. The third-order valence-corrected chi connectivity index (χ3v) is 9.96. The van der Waals surface area contributed by atoms with Crippen LogP contribution in [0.4, 0.5) is 9.59 Å². The maximum Gasteiger partial charge on any atom is 0.407 e. The number of H-pyrrole nitrogens is 2. The average molecular weight is 723 g/mol. The number of imidazole rings is 2. The van der Waals surface area contributed by atoms with Crippen molar-refractivity contribution in [3.05, 3.63) is 71.6 Å². The second-order valence-corrected chi connectivity index (χ2v) is 14.3. The molecule has 2 saturated heterocycles. The van der Waals surface area contributed by atoms with E-state index in [1.54, 1.807) is 16.0 Å². The number of carbonyl (C=O) groups excluding carboxylic acids is 3. The molecule has 4 amide bonds. The summed E-state index contributed by atoms with van der Waals surface area (Å²) in [6.07, 6.45) is 3.01. The highest BCUT2D eigenvalue weighted by atomic mass is 16.5. The van der Waals surface area contributed by atoms with Gasteiger partial charge >= 0.3 is 12.2 Å². The molecule has 4 heterocycles. The first-order valence-corrected chi connectivity index (χ1v) is 18.1. The minimum atomic E-state index is -1.22. The molecule has 2 aliphatic heterocycles. The molecule has 0 spiro atoms. The lowest BCUT2D eigenvalue weighted by Gasteiger charge is -2.29. The fourth-order valence-electron chi connectivity index (χ4n) is 7.15. The van der Waals surface area contributed by atoms with Crippen LogP contribution >= 0.6 is 0 Å². The number of rotatable bonds is 9. The van der Waals surface area contributed by atoms with Gasteiger partial charge in [0, 0.05) is 24.8 Å². The van der Waals surface area contributed by atoms with Gasteiger partial charge < -0.3 is 40.2 Å². The summed E-state index contributed by atoms with van der Waals surface area (Å²) in [4.78, 5) is 69.7. The number of aromatic nitrogens is 4. The van der Waals surface area contributed by atoms with Crippen molar-refractivity contribution < 1.29 is 29.0 Å². The number of benzene rings is 2. The Morgan fingerprint density at radius 2 is 1.43 bits per heavy atom. The molecule has 2 aliphatic rings. The van der Waals surface area contributed by atoms with Crippen molar-refractivity contribution in [3.63, 3.8) is 0 Å². The van der Waals surface area contributed by atoms with E-state index in [2.05, 4.69) is 37.4 Å². The molecule has 14 heteroatoms. The van der Waals surface area contributed by atoms with Gasteiger partial charge in [-0.15, -0.1) is 0 Å². The van der Waals surface area contributed by atoms with E-state index in [1.807, 2.05) is 70.2 Å². The second-order valence-electron chi connectivity index (χ2n) is 14.3. The van der Waals surface area contributed by atoms with Crippen molar-refractivity contribution in [1.29, 1.82) is 0 Å². The van der Waals surface area contributed by atoms with Gasteiger partial charge in [0.1, 0.15) is 29.4 Å². The zero-order valence-electron chi connectivity index (χ0n) is 30.6. The Morgan fingerprint density at radius 1 is 0.830 bits per heavy atom. The third kappa shape index (κ3) is 8.14. The monoisotopic (exact) mass is 722 g/mol. The number of likely N-dealkylation sites (tertiary alicyclic amines) is 2. The van der Waals surface area contributed by atoms with E-state index < -0.39 is 24.3 Å². The van der Waals surface area contributed by atoms with Crippen LogP contribution in [0.2, 0.25) is 0 Å². The van der Waals surface area contributed by atoms with E-state index in [4.69, 9.17) is 9.72 Å². The lowest BCUT2D eigenvalue weighted by Crippen LogP contribution is -2.51. The van der Waals surface area contributed by atoms with Gasteiger partial charge in [-0.1, -0.05) is 51.8 Å². The van der Waals surface area contributed by atoms with Crippen LogP contribution in [0.15, 0.2) is 48.7 Å². The molecule has 2 fully saturated rings. The SMILES string of the molecule is COC(=O)N[C@@H](C(=O)N1CCC[C@H]1c1nc2cc(-c3ccc(C#Cc4c[nH]c([C@@H]5CCCN5C(=O)[C@H](NC(=O)O)C(C)C)n4)cc3)ccc2[nH]1)C(C)C. The van der Waals surface area contributed by atoms with Gasteiger partial charge in [-0.3, -0.25) is 9.59 Å². The van der Waals surface area contributed by atoms with E-state index in [0.717, 1.165) is 59.2 Å². The van der Waals surface area contributed by atoms with Crippen LogP contribution in [-0.4, -0.2) is 91.1 Å². The maximum atomic E-state index is 13.6. The quantitative estimate of drug-likeness (QED) is 0.143. The molecule has 5 N–H and O–H groups in total. The first kappa shape index (κ1) is 36.9. The van der Waals surface area contributed by atoms with Crippen LogP contribution in [0.25, 0.3) is 22.2 Å². The van der Waals surface area contributed by atoms with E-state index in [0.29, 0.717) is 24.6 Å². The standard InChI is InChI=1S/C39H46N8O6/c1-22(2)32(44-38(50)51)36(48)46-18-6-8-30(46)34-40-21-27(41-34)16-12-24-10-13-25(14-11-24)26-15-17-28-29(20-26)43-35(42-28)31-9-7-19-47(31)37(49)33(23(3)4)45-39(52)53-5/h10-11,13-15,17,20-23,30-33,44H,6-9,18-19H2,1-5H3,(H,40,41)(H,42,43)(H,45,52)(H,50,51)/t30-,31-,32+,33+/m0/s1. The number of alkyl carbamates (subject to hydrolysis) is 1. The van der Waals surface area contributed by atoms with E-state index in [-0.39, 0.29) is 35.7 Å². The minimum absolute atomic E-state index is 0.113. The van der Waals surface area contributed by atoms with Crippen molar-refractivity contribution in [2.24, 2.45) is 11.8 Å². The predicted molar refractivity (Wildman–Crippen MR) is 197 cm³/mol. The number of nitrogens with zero attached hydrogens (tertiary/aromatic N) is 4. The normalized spacial score (nSPS) is 18.2. The van der Waals surface area contributed by atoms with Crippen molar-refractivity contribution in [1.82, 2.24) is 40.4 Å². The molecular weight excluding hydrogens is 676 g/mol. The van der Waals surface area contributed by atoms with Crippen LogP contribution in [-0.2, 0) is 14.3 Å². The van der Waals surface area contributed by atoms with Gasteiger partial charge in [0.05, 0.1) is 30.2 Å². The smallest absolute Gasteiger partial charge is 0.407 e. The topological polar surface area (TPSA) is 186 Å². The summed E-state index contributed by atoms with van der Waals surface area (Å²) in [5.74, 6) is 6.93. The Balaban J connectivity index is 1.13. The molecule has 2 aromatic carbocycles. The Morgan fingerprint density at radius 3 is 2.04 bits per heavy atom. The molecule has 0 bridgehead atoms. The lowest BCUT2D eigenvalue weighted by molar-refractivity contribution is -0.136. The number of carbonyl (C=O) groups is 4. The Bertz CT molecular complexity index is 2040. The second kappa shape index (κ2) is 15.8.